The van der Waals surface area contributed by atoms with Gasteiger partial charge in [0.1, 0.15) is 23.8 Å². The molecule has 0 N–H and O–H groups in total. The minimum Gasteiger partial charge on any atom is -0.489 e. The largest absolute Gasteiger partial charge is 0.489 e. The lowest BCUT2D eigenvalue weighted by atomic mass is 10.0. The first-order chi connectivity index (χ1) is 15.7. The fourth-order valence-corrected chi connectivity index (χ4v) is 3.51. The van der Waals surface area contributed by atoms with Gasteiger partial charge in [-0.3, -0.25) is 4.79 Å². The molecule has 158 valence electrons. The van der Waals surface area contributed by atoms with Gasteiger partial charge in [-0.1, -0.05) is 30.3 Å². The van der Waals surface area contributed by atoms with Gasteiger partial charge in [-0.05, 0) is 42.0 Å². The quantitative estimate of drug-likeness (QED) is 0.370. The van der Waals surface area contributed by atoms with Crippen LogP contribution in [0.25, 0.3) is 16.7 Å². The van der Waals surface area contributed by atoms with Gasteiger partial charge in [-0.2, -0.15) is 5.10 Å². The molecule has 0 radical (unpaired) electrons. The molecule has 5 aromatic rings. The van der Waals surface area contributed by atoms with E-state index in [2.05, 4.69) is 5.10 Å². The number of para-hydroxylation sites is 1. The van der Waals surface area contributed by atoms with Gasteiger partial charge in [-0.15, -0.1) is 0 Å². The smallest absolute Gasteiger partial charge is 0.196 e. The molecule has 0 aliphatic rings. The van der Waals surface area contributed by atoms with Crippen molar-refractivity contribution in [2.75, 3.05) is 0 Å². The lowest BCUT2D eigenvalue weighted by Crippen LogP contribution is -2.09. The van der Waals surface area contributed by atoms with Crippen molar-refractivity contribution in [3.63, 3.8) is 0 Å². The van der Waals surface area contributed by atoms with Crippen LogP contribution in [0.1, 0.15) is 16.7 Å². The molecule has 0 saturated heterocycles. The van der Waals surface area contributed by atoms with Crippen LogP contribution < -0.4 is 10.2 Å². The number of aromatic nitrogens is 2. The van der Waals surface area contributed by atoms with Crippen LogP contribution in [0.2, 0.25) is 0 Å². The Balaban J connectivity index is 1.31. The van der Waals surface area contributed by atoms with Gasteiger partial charge in [0.2, 0.25) is 0 Å². The van der Waals surface area contributed by atoms with Crippen molar-refractivity contribution in [3.05, 3.63) is 124 Å². The zero-order chi connectivity index (χ0) is 21.9. The van der Waals surface area contributed by atoms with E-state index >= 15 is 0 Å². The Morgan fingerprint density at radius 2 is 1.78 bits per heavy atom. The van der Waals surface area contributed by atoms with Crippen LogP contribution in [0.5, 0.6) is 5.75 Å². The summed E-state index contributed by atoms with van der Waals surface area (Å²) in [7, 11) is 0. The van der Waals surface area contributed by atoms with Crippen LogP contribution in [0.15, 0.2) is 101 Å². The summed E-state index contributed by atoms with van der Waals surface area (Å²) >= 11 is 0. The van der Waals surface area contributed by atoms with Crippen molar-refractivity contribution in [2.45, 2.75) is 13.0 Å². The molecule has 0 unspecified atom stereocenters. The van der Waals surface area contributed by atoms with Crippen LogP contribution in [0.4, 0.5) is 4.39 Å². The average molecular weight is 426 g/mol. The third-order valence-corrected chi connectivity index (χ3v) is 5.19. The van der Waals surface area contributed by atoms with Crippen molar-refractivity contribution in [1.82, 2.24) is 9.78 Å². The maximum atomic E-state index is 13.1. The van der Waals surface area contributed by atoms with Crippen LogP contribution in [0.3, 0.4) is 0 Å². The van der Waals surface area contributed by atoms with Crippen LogP contribution in [-0.2, 0) is 13.0 Å². The SMILES string of the molecule is O=c1c(Cc2ccc(F)cc2)coc2cc(OCc3cnn(-c4ccccc4)c3)ccc12. The third-order valence-electron chi connectivity index (χ3n) is 5.19. The van der Waals surface area contributed by atoms with Crippen LogP contribution in [0, 0.1) is 5.82 Å². The van der Waals surface area contributed by atoms with E-state index in [0.29, 0.717) is 35.3 Å². The number of nitrogens with zero attached hydrogens (tertiary/aromatic N) is 2. The van der Waals surface area contributed by atoms with Crippen LogP contribution in [-0.4, -0.2) is 9.78 Å². The maximum Gasteiger partial charge on any atom is 0.196 e. The number of hydrogen-bond donors (Lipinski definition) is 0. The van der Waals surface area contributed by atoms with E-state index in [9.17, 15) is 9.18 Å². The molecule has 0 aliphatic carbocycles. The minimum atomic E-state index is -0.306. The second-order valence-corrected chi connectivity index (χ2v) is 7.47. The molecule has 2 aromatic heterocycles. The topological polar surface area (TPSA) is 57.3 Å². The third kappa shape index (κ3) is 4.16. The molecule has 0 saturated carbocycles. The highest BCUT2D eigenvalue weighted by Crippen LogP contribution is 2.21. The van der Waals surface area contributed by atoms with E-state index in [1.165, 1.54) is 18.4 Å². The van der Waals surface area contributed by atoms with Crippen molar-refractivity contribution < 1.29 is 13.5 Å². The molecule has 5 rings (SSSR count). The fourth-order valence-electron chi connectivity index (χ4n) is 3.51. The lowest BCUT2D eigenvalue weighted by Gasteiger charge is -2.07. The first-order valence-electron chi connectivity index (χ1n) is 10.2. The monoisotopic (exact) mass is 426 g/mol. The van der Waals surface area contributed by atoms with Gasteiger partial charge < -0.3 is 9.15 Å². The summed E-state index contributed by atoms with van der Waals surface area (Å²) in [6, 6.07) is 21.1. The van der Waals surface area contributed by atoms with Gasteiger partial charge in [0.05, 0.1) is 23.5 Å². The Kier molecular flexibility index (Phi) is 5.25. The molecular weight excluding hydrogens is 407 g/mol. The van der Waals surface area contributed by atoms with Gasteiger partial charge in [0.25, 0.3) is 0 Å². The lowest BCUT2D eigenvalue weighted by molar-refractivity contribution is 0.306. The zero-order valence-electron chi connectivity index (χ0n) is 17.1. The minimum absolute atomic E-state index is 0.105. The Morgan fingerprint density at radius 3 is 2.59 bits per heavy atom. The molecule has 0 amide bonds. The number of fused-ring (bicyclic) bond motifs is 1. The molecule has 0 fully saturated rings. The van der Waals surface area contributed by atoms with Gasteiger partial charge >= 0.3 is 0 Å². The first kappa shape index (κ1) is 19.8. The summed E-state index contributed by atoms with van der Waals surface area (Å²) in [5.74, 6) is 0.290. The highest BCUT2D eigenvalue weighted by molar-refractivity contribution is 5.78. The Labute approximate surface area is 183 Å². The van der Waals surface area contributed by atoms with E-state index in [4.69, 9.17) is 9.15 Å². The van der Waals surface area contributed by atoms with E-state index in [1.807, 2.05) is 36.5 Å². The molecule has 0 bridgehead atoms. The standard InChI is InChI=1S/C26H19FN2O3/c27-21-8-6-18(7-9-21)12-20-17-32-25-13-23(10-11-24(25)26(20)30)31-16-19-14-28-29(15-19)22-4-2-1-3-5-22/h1-11,13-15,17H,12,16H2. The fraction of sp³-hybridized carbons (Fsp3) is 0.0769. The molecule has 3 aromatic carbocycles. The Morgan fingerprint density at radius 1 is 0.969 bits per heavy atom. The summed E-state index contributed by atoms with van der Waals surface area (Å²) in [4.78, 5) is 12.8. The Bertz CT molecular complexity index is 1420. The predicted octanol–water partition coefficient (Wildman–Crippen LogP) is 5.29. The number of hydrogen-bond acceptors (Lipinski definition) is 4. The van der Waals surface area contributed by atoms with Gasteiger partial charge in [0, 0.05) is 29.8 Å². The second-order valence-electron chi connectivity index (χ2n) is 7.47. The van der Waals surface area contributed by atoms with E-state index in [1.54, 1.807) is 41.2 Å². The molecular formula is C26H19FN2O3. The number of rotatable bonds is 6. The number of ether oxygens (including phenoxy) is 1. The van der Waals surface area contributed by atoms with Crippen LogP contribution >= 0.6 is 0 Å². The molecule has 6 heteroatoms. The summed E-state index contributed by atoms with van der Waals surface area (Å²) < 4.78 is 26.5. The van der Waals surface area contributed by atoms with Crippen molar-refractivity contribution in [3.8, 4) is 11.4 Å². The molecule has 0 spiro atoms. The summed E-state index contributed by atoms with van der Waals surface area (Å²) in [5, 5.41) is 4.85. The van der Waals surface area contributed by atoms with E-state index in [0.717, 1.165) is 16.8 Å². The molecule has 0 aliphatic heterocycles. The predicted molar refractivity (Wildman–Crippen MR) is 120 cm³/mol. The van der Waals surface area contributed by atoms with Gasteiger partial charge in [-0.25, -0.2) is 9.07 Å². The highest BCUT2D eigenvalue weighted by Gasteiger charge is 2.10. The van der Waals surface area contributed by atoms with Crippen molar-refractivity contribution in [1.29, 1.82) is 0 Å². The normalized spacial score (nSPS) is 11.0. The second kappa shape index (κ2) is 8.51. The first-order valence-corrected chi connectivity index (χ1v) is 10.2. The number of halogens is 1. The van der Waals surface area contributed by atoms with E-state index < -0.39 is 0 Å². The molecule has 5 nitrogen and oxygen atoms in total. The summed E-state index contributed by atoms with van der Waals surface area (Å²) in [5.41, 5.74) is 3.61. The maximum absolute atomic E-state index is 13.1. The van der Waals surface area contributed by atoms with E-state index in [-0.39, 0.29) is 11.2 Å². The summed E-state index contributed by atoms with van der Waals surface area (Å²) in [6.07, 6.45) is 5.51. The Hall–Kier alpha value is -4.19. The summed E-state index contributed by atoms with van der Waals surface area (Å²) in [6.45, 7) is 0.339. The average Bonchev–Trinajstić information content (AvgIpc) is 3.31. The molecule has 2 heterocycles. The van der Waals surface area contributed by atoms with Gasteiger partial charge in [0.15, 0.2) is 5.43 Å². The number of benzene rings is 3. The molecule has 0 atom stereocenters. The highest BCUT2D eigenvalue weighted by atomic mass is 19.1. The van der Waals surface area contributed by atoms with Crippen molar-refractivity contribution in [2.24, 2.45) is 0 Å². The zero-order valence-corrected chi connectivity index (χ0v) is 17.1. The molecule has 32 heavy (non-hydrogen) atoms. The van der Waals surface area contributed by atoms with Crippen molar-refractivity contribution >= 4 is 11.0 Å².